The molecule has 0 N–H and O–H groups in total. The quantitative estimate of drug-likeness (QED) is 0.370. The van der Waals surface area contributed by atoms with Gasteiger partial charge in [-0.05, 0) is 42.0 Å². The highest BCUT2D eigenvalue weighted by Crippen LogP contribution is 2.37. The number of benzene rings is 2. The van der Waals surface area contributed by atoms with Crippen molar-refractivity contribution in [1.82, 2.24) is 4.90 Å². The summed E-state index contributed by atoms with van der Waals surface area (Å²) in [6.07, 6.45) is 1.71. The number of rotatable bonds is 4. The van der Waals surface area contributed by atoms with Gasteiger partial charge in [0.15, 0.2) is 11.5 Å². The third kappa shape index (κ3) is 3.60. The summed E-state index contributed by atoms with van der Waals surface area (Å²) in [7, 11) is 0. The number of thioether (sulfide) groups is 1. The SMILES string of the molecule is O=C1/C(=C/c2ccc(-c3ccccc3Cl)o2)SC(=S)N1Cc1ccc2c(c1)OCO2. The van der Waals surface area contributed by atoms with E-state index in [-0.39, 0.29) is 12.7 Å². The predicted molar refractivity (Wildman–Crippen MR) is 120 cm³/mol. The first-order valence-electron chi connectivity index (χ1n) is 9.07. The number of hydrogen-bond donors (Lipinski definition) is 0. The Kier molecular flexibility index (Phi) is 5.02. The van der Waals surface area contributed by atoms with Crippen molar-refractivity contribution in [1.29, 1.82) is 0 Å². The van der Waals surface area contributed by atoms with E-state index >= 15 is 0 Å². The largest absolute Gasteiger partial charge is 0.457 e. The van der Waals surface area contributed by atoms with Gasteiger partial charge in [0, 0.05) is 11.6 Å². The predicted octanol–water partition coefficient (Wildman–Crippen LogP) is 5.73. The van der Waals surface area contributed by atoms with E-state index in [0.717, 1.165) is 11.1 Å². The molecule has 5 rings (SSSR count). The summed E-state index contributed by atoms with van der Waals surface area (Å²) in [5.41, 5.74) is 1.71. The van der Waals surface area contributed by atoms with Crippen LogP contribution in [0, 0.1) is 0 Å². The van der Waals surface area contributed by atoms with Crippen LogP contribution in [0.5, 0.6) is 11.5 Å². The van der Waals surface area contributed by atoms with Crippen molar-refractivity contribution < 1.29 is 18.7 Å². The van der Waals surface area contributed by atoms with Gasteiger partial charge >= 0.3 is 0 Å². The molecule has 0 bridgehead atoms. The maximum Gasteiger partial charge on any atom is 0.266 e. The molecule has 1 aromatic heterocycles. The standard InChI is InChI=1S/C22H14ClNO4S2/c23-16-4-2-1-3-15(16)17-8-6-14(28-17)10-20-21(25)24(22(29)30-20)11-13-5-7-18-19(9-13)27-12-26-18/h1-10H,11-12H2/b20-10-. The zero-order valence-electron chi connectivity index (χ0n) is 15.5. The molecule has 1 amide bonds. The normalized spacial score (nSPS) is 16.7. The fraction of sp³-hybridized carbons (Fsp3) is 0.0909. The van der Waals surface area contributed by atoms with Crippen LogP contribution < -0.4 is 9.47 Å². The number of nitrogens with zero attached hydrogens (tertiary/aromatic N) is 1. The molecule has 1 saturated heterocycles. The minimum absolute atomic E-state index is 0.154. The van der Waals surface area contributed by atoms with E-state index < -0.39 is 0 Å². The molecule has 3 aromatic rings. The average molecular weight is 456 g/mol. The van der Waals surface area contributed by atoms with Crippen LogP contribution >= 0.6 is 35.6 Å². The van der Waals surface area contributed by atoms with Crippen molar-refractivity contribution >= 4 is 51.9 Å². The number of hydrogen-bond acceptors (Lipinski definition) is 6. The summed E-state index contributed by atoms with van der Waals surface area (Å²) < 4.78 is 17.1. The lowest BCUT2D eigenvalue weighted by molar-refractivity contribution is -0.122. The number of thiocarbonyl (C=S) groups is 1. The van der Waals surface area contributed by atoms with Gasteiger partial charge in [-0.25, -0.2) is 0 Å². The van der Waals surface area contributed by atoms with Crippen LogP contribution in [0.3, 0.4) is 0 Å². The van der Waals surface area contributed by atoms with Crippen molar-refractivity contribution in [2.24, 2.45) is 0 Å². The van der Waals surface area contributed by atoms with Crippen molar-refractivity contribution in [3.05, 3.63) is 75.8 Å². The summed E-state index contributed by atoms with van der Waals surface area (Å²) in [5.74, 6) is 2.43. The lowest BCUT2D eigenvalue weighted by Crippen LogP contribution is -2.27. The Hall–Kier alpha value is -2.74. The number of fused-ring (bicyclic) bond motifs is 1. The van der Waals surface area contributed by atoms with Gasteiger partial charge in [0.25, 0.3) is 5.91 Å². The Morgan fingerprint density at radius 1 is 1.10 bits per heavy atom. The fourth-order valence-corrected chi connectivity index (χ4v) is 4.69. The maximum atomic E-state index is 12.9. The van der Waals surface area contributed by atoms with Gasteiger partial charge < -0.3 is 13.9 Å². The first kappa shape index (κ1) is 19.2. The van der Waals surface area contributed by atoms with Crippen LogP contribution in [-0.4, -0.2) is 21.9 Å². The molecule has 3 heterocycles. The third-order valence-corrected chi connectivity index (χ3v) is 6.40. The number of carbonyl (C=O) groups is 1. The molecule has 0 saturated carbocycles. The van der Waals surface area contributed by atoms with Gasteiger partial charge in [-0.1, -0.05) is 53.8 Å². The molecular formula is C22H14ClNO4S2. The van der Waals surface area contributed by atoms with Crippen LogP contribution in [0.15, 0.2) is 63.9 Å². The second-order valence-corrected chi connectivity index (χ2v) is 8.72. The minimum Gasteiger partial charge on any atom is -0.457 e. The van der Waals surface area contributed by atoms with E-state index in [1.807, 2.05) is 48.5 Å². The molecule has 8 heteroatoms. The van der Waals surface area contributed by atoms with Gasteiger partial charge in [0.1, 0.15) is 15.8 Å². The van der Waals surface area contributed by atoms with E-state index in [1.165, 1.54) is 11.8 Å². The van der Waals surface area contributed by atoms with Gasteiger partial charge in [-0.3, -0.25) is 9.69 Å². The number of halogens is 1. The second-order valence-electron chi connectivity index (χ2n) is 6.64. The van der Waals surface area contributed by atoms with Crippen LogP contribution in [0.2, 0.25) is 5.02 Å². The molecular weight excluding hydrogens is 442 g/mol. The van der Waals surface area contributed by atoms with Crippen molar-refractivity contribution in [2.45, 2.75) is 6.54 Å². The van der Waals surface area contributed by atoms with Gasteiger partial charge in [-0.2, -0.15) is 0 Å². The van der Waals surface area contributed by atoms with Gasteiger partial charge in [0.05, 0.1) is 16.5 Å². The molecule has 0 atom stereocenters. The zero-order valence-corrected chi connectivity index (χ0v) is 17.9. The molecule has 2 aliphatic heterocycles. The highest BCUT2D eigenvalue weighted by molar-refractivity contribution is 8.26. The summed E-state index contributed by atoms with van der Waals surface area (Å²) in [5, 5.41) is 0.605. The third-order valence-electron chi connectivity index (χ3n) is 4.69. The Labute approximate surface area is 187 Å². The lowest BCUT2D eigenvalue weighted by Gasteiger charge is -2.14. The molecule has 0 unspecified atom stereocenters. The van der Waals surface area contributed by atoms with E-state index in [1.54, 1.807) is 17.0 Å². The summed E-state index contributed by atoms with van der Waals surface area (Å²) >= 11 is 12.9. The molecule has 1 fully saturated rings. The Bertz CT molecular complexity index is 1200. The van der Waals surface area contributed by atoms with Gasteiger partial charge in [-0.15, -0.1) is 0 Å². The Morgan fingerprint density at radius 2 is 1.93 bits per heavy atom. The van der Waals surface area contributed by atoms with E-state index in [0.29, 0.717) is 43.8 Å². The van der Waals surface area contributed by atoms with Crippen LogP contribution in [-0.2, 0) is 11.3 Å². The smallest absolute Gasteiger partial charge is 0.266 e. The molecule has 0 radical (unpaired) electrons. The van der Waals surface area contributed by atoms with Crippen molar-refractivity contribution in [2.75, 3.05) is 6.79 Å². The molecule has 150 valence electrons. The van der Waals surface area contributed by atoms with E-state index in [2.05, 4.69) is 0 Å². The number of furan rings is 1. The Morgan fingerprint density at radius 3 is 2.80 bits per heavy atom. The fourth-order valence-electron chi connectivity index (χ4n) is 3.22. The highest BCUT2D eigenvalue weighted by Gasteiger charge is 2.32. The molecule has 0 aliphatic carbocycles. The lowest BCUT2D eigenvalue weighted by atomic mass is 10.2. The molecule has 0 spiro atoms. The molecule has 2 aromatic carbocycles. The average Bonchev–Trinajstić information content (AvgIpc) is 3.45. The maximum absolute atomic E-state index is 12.9. The first-order chi connectivity index (χ1) is 14.6. The number of ether oxygens (including phenoxy) is 2. The van der Waals surface area contributed by atoms with Crippen molar-refractivity contribution in [3.8, 4) is 22.8 Å². The summed E-state index contributed by atoms with van der Waals surface area (Å²) in [6.45, 7) is 0.573. The molecule has 30 heavy (non-hydrogen) atoms. The highest BCUT2D eigenvalue weighted by atomic mass is 35.5. The first-order valence-corrected chi connectivity index (χ1v) is 10.7. The summed E-state index contributed by atoms with van der Waals surface area (Å²) in [4.78, 5) is 15.0. The molecule has 2 aliphatic rings. The number of carbonyl (C=O) groups excluding carboxylic acids is 1. The zero-order chi connectivity index (χ0) is 20.7. The van der Waals surface area contributed by atoms with Crippen LogP contribution in [0.4, 0.5) is 0 Å². The molecule has 5 nitrogen and oxygen atoms in total. The second kappa shape index (κ2) is 7.83. The number of amides is 1. The summed E-state index contributed by atoms with van der Waals surface area (Å²) in [6, 6.07) is 16.7. The van der Waals surface area contributed by atoms with E-state index in [4.69, 9.17) is 37.7 Å². The monoisotopic (exact) mass is 455 g/mol. The van der Waals surface area contributed by atoms with Crippen LogP contribution in [0.25, 0.3) is 17.4 Å². The van der Waals surface area contributed by atoms with Crippen LogP contribution in [0.1, 0.15) is 11.3 Å². The van der Waals surface area contributed by atoms with E-state index in [9.17, 15) is 4.79 Å². The minimum atomic E-state index is -0.154. The Balaban J connectivity index is 1.35. The van der Waals surface area contributed by atoms with Gasteiger partial charge in [0.2, 0.25) is 6.79 Å². The topological polar surface area (TPSA) is 51.9 Å². The van der Waals surface area contributed by atoms with Crippen molar-refractivity contribution in [3.63, 3.8) is 0 Å².